The van der Waals surface area contributed by atoms with Crippen LogP contribution in [-0.2, 0) is 0 Å². The van der Waals surface area contributed by atoms with Crippen LogP contribution < -0.4 is 0 Å². The molecule has 1 rings (SSSR count). The SMILES string of the molecule is Cc1c(Cl)cncc1C(C)C. The van der Waals surface area contributed by atoms with Crippen LogP contribution in [0.25, 0.3) is 0 Å². The van der Waals surface area contributed by atoms with Gasteiger partial charge < -0.3 is 0 Å². The summed E-state index contributed by atoms with van der Waals surface area (Å²) in [5, 5.41) is 0.760. The normalized spacial score (nSPS) is 10.6. The largest absolute Gasteiger partial charge is 0.263 e. The molecule has 1 aromatic rings. The van der Waals surface area contributed by atoms with Gasteiger partial charge in [0.15, 0.2) is 0 Å². The smallest absolute Gasteiger partial charge is 0.0621 e. The molecule has 0 radical (unpaired) electrons. The van der Waals surface area contributed by atoms with Gasteiger partial charge in [0, 0.05) is 12.4 Å². The number of nitrogens with zero attached hydrogens (tertiary/aromatic N) is 1. The molecule has 0 atom stereocenters. The maximum absolute atomic E-state index is 5.90. The molecule has 60 valence electrons. The molecule has 0 fully saturated rings. The molecule has 1 aromatic heterocycles. The fraction of sp³-hybridized carbons (Fsp3) is 0.444. The standard InChI is InChI=1S/C9H12ClN/c1-6(2)8-4-11-5-9(10)7(8)3/h4-6H,1-3H3. The lowest BCUT2D eigenvalue weighted by molar-refractivity contribution is 0.847. The first-order valence-electron chi connectivity index (χ1n) is 3.73. The van der Waals surface area contributed by atoms with Crippen LogP contribution in [0.3, 0.4) is 0 Å². The average molecular weight is 170 g/mol. The summed E-state index contributed by atoms with van der Waals surface area (Å²) >= 11 is 5.90. The van der Waals surface area contributed by atoms with Crippen molar-refractivity contribution in [3.8, 4) is 0 Å². The van der Waals surface area contributed by atoms with E-state index < -0.39 is 0 Å². The molecule has 0 N–H and O–H groups in total. The third-order valence-electron chi connectivity index (χ3n) is 1.81. The Kier molecular flexibility index (Phi) is 2.50. The molecule has 2 heteroatoms. The molecule has 0 unspecified atom stereocenters. The van der Waals surface area contributed by atoms with Gasteiger partial charge in [-0.3, -0.25) is 4.98 Å². The molecule has 0 aromatic carbocycles. The summed E-state index contributed by atoms with van der Waals surface area (Å²) in [6, 6.07) is 0. The lowest BCUT2D eigenvalue weighted by Gasteiger charge is -2.08. The van der Waals surface area contributed by atoms with Crippen molar-refractivity contribution in [2.24, 2.45) is 0 Å². The highest BCUT2D eigenvalue weighted by Crippen LogP contribution is 2.23. The Balaban J connectivity index is 3.17. The maximum Gasteiger partial charge on any atom is 0.0621 e. The zero-order valence-corrected chi connectivity index (χ0v) is 7.81. The van der Waals surface area contributed by atoms with Gasteiger partial charge in [-0.15, -0.1) is 0 Å². The molecule has 0 aliphatic rings. The van der Waals surface area contributed by atoms with Crippen LogP contribution >= 0.6 is 11.6 Å². The molecule has 0 amide bonds. The zero-order valence-electron chi connectivity index (χ0n) is 7.06. The first kappa shape index (κ1) is 8.54. The van der Waals surface area contributed by atoms with Crippen molar-refractivity contribution in [1.82, 2.24) is 4.98 Å². The van der Waals surface area contributed by atoms with Crippen molar-refractivity contribution in [3.63, 3.8) is 0 Å². The van der Waals surface area contributed by atoms with Crippen LogP contribution in [0.1, 0.15) is 30.9 Å². The number of hydrogen-bond donors (Lipinski definition) is 0. The number of pyridine rings is 1. The number of hydrogen-bond acceptors (Lipinski definition) is 1. The Bertz CT molecular complexity index is 256. The summed E-state index contributed by atoms with van der Waals surface area (Å²) in [4.78, 5) is 4.03. The van der Waals surface area contributed by atoms with E-state index in [-0.39, 0.29) is 0 Å². The van der Waals surface area contributed by atoms with E-state index in [0.717, 1.165) is 10.6 Å². The molecule has 1 nitrogen and oxygen atoms in total. The summed E-state index contributed by atoms with van der Waals surface area (Å²) in [6.07, 6.45) is 3.56. The van der Waals surface area contributed by atoms with Crippen LogP contribution in [-0.4, -0.2) is 4.98 Å². The van der Waals surface area contributed by atoms with Crippen molar-refractivity contribution in [2.45, 2.75) is 26.7 Å². The topological polar surface area (TPSA) is 12.9 Å². The number of halogens is 1. The van der Waals surface area contributed by atoms with E-state index in [9.17, 15) is 0 Å². The molecule has 11 heavy (non-hydrogen) atoms. The van der Waals surface area contributed by atoms with Crippen molar-refractivity contribution in [1.29, 1.82) is 0 Å². The van der Waals surface area contributed by atoms with E-state index in [2.05, 4.69) is 18.8 Å². The van der Waals surface area contributed by atoms with Crippen LogP contribution in [0, 0.1) is 6.92 Å². The second-order valence-corrected chi connectivity index (χ2v) is 3.40. The van der Waals surface area contributed by atoms with E-state index in [0.29, 0.717) is 5.92 Å². The minimum Gasteiger partial charge on any atom is -0.263 e. The van der Waals surface area contributed by atoms with Gasteiger partial charge in [-0.05, 0) is 24.0 Å². The summed E-state index contributed by atoms with van der Waals surface area (Å²) in [7, 11) is 0. The highest BCUT2D eigenvalue weighted by Gasteiger charge is 2.05. The predicted molar refractivity (Wildman–Crippen MR) is 48.1 cm³/mol. The molecular weight excluding hydrogens is 158 g/mol. The lowest BCUT2D eigenvalue weighted by atomic mass is 10.0. The highest BCUT2D eigenvalue weighted by molar-refractivity contribution is 6.31. The molecule has 0 spiro atoms. The fourth-order valence-corrected chi connectivity index (χ4v) is 1.26. The van der Waals surface area contributed by atoms with E-state index in [1.807, 2.05) is 13.1 Å². The number of rotatable bonds is 1. The van der Waals surface area contributed by atoms with Gasteiger partial charge in [0.1, 0.15) is 0 Å². The summed E-state index contributed by atoms with van der Waals surface area (Å²) in [6.45, 7) is 6.31. The maximum atomic E-state index is 5.90. The van der Waals surface area contributed by atoms with Gasteiger partial charge in [0.25, 0.3) is 0 Å². The first-order valence-corrected chi connectivity index (χ1v) is 4.10. The Labute approximate surface area is 72.4 Å². The zero-order chi connectivity index (χ0) is 8.43. The second-order valence-electron chi connectivity index (χ2n) is 2.99. The third-order valence-corrected chi connectivity index (χ3v) is 2.20. The van der Waals surface area contributed by atoms with Gasteiger partial charge in [0.05, 0.1) is 5.02 Å². The molecular formula is C9H12ClN. The predicted octanol–water partition coefficient (Wildman–Crippen LogP) is 3.17. The van der Waals surface area contributed by atoms with E-state index >= 15 is 0 Å². The molecule has 1 heterocycles. The molecule has 0 aliphatic carbocycles. The van der Waals surface area contributed by atoms with Gasteiger partial charge in [-0.1, -0.05) is 25.4 Å². The molecule has 0 saturated carbocycles. The number of aromatic nitrogens is 1. The van der Waals surface area contributed by atoms with Gasteiger partial charge in [-0.2, -0.15) is 0 Å². The molecule has 0 aliphatic heterocycles. The van der Waals surface area contributed by atoms with Crippen molar-refractivity contribution < 1.29 is 0 Å². The van der Waals surface area contributed by atoms with Gasteiger partial charge in [0.2, 0.25) is 0 Å². The summed E-state index contributed by atoms with van der Waals surface area (Å²) < 4.78 is 0. The van der Waals surface area contributed by atoms with Crippen LogP contribution in [0.4, 0.5) is 0 Å². The van der Waals surface area contributed by atoms with E-state index in [1.54, 1.807) is 6.20 Å². The van der Waals surface area contributed by atoms with Crippen LogP contribution in [0.5, 0.6) is 0 Å². The lowest BCUT2D eigenvalue weighted by Crippen LogP contribution is -1.93. The third kappa shape index (κ3) is 1.72. The Hall–Kier alpha value is -0.560. The van der Waals surface area contributed by atoms with Crippen molar-refractivity contribution in [2.75, 3.05) is 0 Å². The van der Waals surface area contributed by atoms with Crippen LogP contribution in [0.15, 0.2) is 12.4 Å². The minimum absolute atomic E-state index is 0.501. The van der Waals surface area contributed by atoms with Gasteiger partial charge in [-0.25, -0.2) is 0 Å². The van der Waals surface area contributed by atoms with Crippen molar-refractivity contribution >= 4 is 11.6 Å². The average Bonchev–Trinajstić information content (AvgIpc) is 1.94. The molecule has 0 bridgehead atoms. The first-order chi connectivity index (χ1) is 5.13. The highest BCUT2D eigenvalue weighted by atomic mass is 35.5. The summed E-state index contributed by atoms with van der Waals surface area (Å²) in [5.41, 5.74) is 2.38. The monoisotopic (exact) mass is 169 g/mol. The Morgan fingerprint density at radius 1 is 1.36 bits per heavy atom. The quantitative estimate of drug-likeness (QED) is 0.630. The fourth-order valence-electron chi connectivity index (χ4n) is 1.10. The van der Waals surface area contributed by atoms with Crippen LogP contribution in [0.2, 0.25) is 5.02 Å². The second kappa shape index (κ2) is 3.22. The van der Waals surface area contributed by atoms with E-state index in [4.69, 9.17) is 11.6 Å². The minimum atomic E-state index is 0.501. The van der Waals surface area contributed by atoms with E-state index in [1.165, 1.54) is 5.56 Å². The van der Waals surface area contributed by atoms with Crippen molar-refractivity contribution in [3.05, 3.63) is 28.5 Å². The summed E-state index contributed by atoms with van der Waals surface area (Å²) in [5.74, 6) is 0.501. The molecule has 0 saturated heterocycles. The van der Waals surface area contributed by atoms with Gasteiger partial charge >= 0.3 is 0 Å². The Morgan fingerprint density at radius 2 is 2.00 bits per heavy atom. The Morgan fingerprint density at radius 3 is 2.45 bits per heavy atom.